The maximum atomic E-state index is 13.3. The van der Waals surface area contributed by atoms with E-state index in [4.69, 9.17) is 33.2 Å². The van der Waals surface area contributed by atoms with Crippen molar-refractivity contribution >= 4 is 79.5 Å². The highest BCUT2D eigenvalue weighted by atomic mass is 35.5. The molecule has 0 unspecified atom stereocenters. The first-order chi connectivity index (χ1) is 24.4. The number of fused-ring (bicyclic) bond motifs is 2. The van der Waals surface area contributed by atoms with Crippen molar-refractivity contribution in [1.29, 1.82) is 0 Å². The first-order valence-electron chi connectivity index (χ1n) is 16.7. The molecule has 50 heavy (non-hydrogen) atoms. The number of benzene rings is 2. The fourth-order valence-corrected chi connectivity index (χ4v) is 8.33. The van der Waals surface area contributed by atoms with Crippen LogP contribution in [-0.4, -0.2) is 83.9 Å². The Morgan fingerprint density at radius 3 is 1.44 bits per heavy atom. The van der Waals surface area contributed by atoms with Gasteiger partial charge in [-0.15, -0.1) is 22.7 Å². The molecule has 2 amide bonds. The molecular weight excluding hydrogens is 707 g/mol. The van der Waals surface area contributed by atoms with Crippen LogP contribution in [0.25, 0.3) is 42.9 Å². The third-order valence-electron chi connectivity index (χ3n) is 8.91. The average molecular weight is 744 g/mol. The lowest BCUT2D eigenvalue weighted by Gasteiger charge is -2.34. The SMILES string of the molecule is O=C(NCCCN1CCN(CCCNC(=O)c2cc(-c3ccc(Cl)s3)nc3ccccc23)CC1)c1cc(-c2ccc(Cl)s2)nc2ccccc12. The molecular formula is C38H36Cl2N6O2S2. The van der Waals surface area contributed by atoms with E-state index in [9.17, 15) is 9.59 Å². The summed E-state index contributed by atoms with van der Waals surface area (Å²) in [6, 6.07) is 26.8. The molecule has 4 aromatic heterocycles. The minimum Gasteiger partial charge on any atom is -0.352 e. The van der Waals surface area contributed by atoms with Crippen LogP contribution in [-0.2, 0) is 0 Å². The summed E-state index contributed by atoms with van der Waals surface area (Å²) >= 11 is 15.2. The molecule has 0 aliphatic carbocycles. The molecule has 7 rings (SSSR count). The first-order valence-corrected chi connectivity index (χ1v) is 19.1. The van der Waals surface area contributed by atoms with E-state index in [1.807, 2.05) is 84.9 Å². The van der Waals surface area contributed by atoms with Crippen LogP contribution in [0.2, 0.25) is 8.67 Å². The number of halogens is 2. The lowest BCUT2D eigenvalue weighted by atomic mass is 10.1. The molecule has 0 atom stereocenters. The fourth-order valence-electron chi connectivity index (χ4n) is 6.32. The van der Waals surface area contributed by atoms with Crippen LogP contribution in [0.4, 0.5) is 0 Å². The van der Waals surface area contributed by atoms with Gasteiger partial charge in [-0.1, -0.05) is 59.6 Å². The number of amides is 2. The van der Waals surface area contributed by atoms with E-state index in [1.54, 1.807) is 0 Å². The van der Waals surface area contributed by atoms with Crippen molar-refractivity contribution in [3.8, 4) is 21.1 Å². The second-order valence-electron chi connectivity index (χ2n) is 12.3. The number of nitrogens with one attached hydrogen (secondary N) is 2. The van der Waals surface area contributed by atoms with Crippen molar-refractivity contribution in [3.05, 3.63) is 105 Å². The zero-order chi connectivity index (χ0) is 34.5. The third-order valence-corrected chi connectivity index (χ3v) is 11.4. The summed E-state index contributed by atoms with van der Waals surface area (Å²) in [5.74, 6) is -0.177. The number of hydrogen-bond acceptors (Lipinski definition) is 8. The number of carbonyl (C=O) groups excluding carboxylic acids is 2. The standard InChI is InChI=1S/C38H36Cl2N6O2S2/c39-35-13-11-33(49-35)31-23-27(25-7-1-3-9-29(25)43-31)37(47)41-15-5-17-45-19-21-46(22-20-45)18-6-16-42-38(48)28-24-32(34-12-14-36(40)50-34)44-30-10-4-2-8-26(28)30/h1-4,7-14,23-24H,5-6,15-22H2,(H,41,47)(H,42,48). The number of thiophene rings is 2. The number of aromatic nitrogens is 2. The summed E-state index contributed by atoms with van der Waals surface area (Å²) in [4.78, 5) is 42.9. The zero-order valence-corrected chi connectivity index (χ0v) is 30.5. The van der Waals surface area contributed by atoms with E-state index in [2.05, 4.69) is 20.4 Å². The van der Waals surface area contributed by atoms with Crippen LogP contribution in [0.3, 0.4) is 0 Å². The van der Waals surface area contributed by atoms with E-state index >= 15 is 0 Å². The van der Waals surface area contributed by atoms with E-state index < -0.39 is 0 Å². The molecule has 2 aromatic carbocycles. The van der Waals surface area contributed by atoms with Gasteiger partial charge < -0.3 is 20.4 Å². The Balaban J connectivity index is 0.842. The van der Waals surface area contributed by atoms with Gasteiger partial charge in [-0.3, -0.25) is 9.59 Å². The van der Waals surface area contributed by atoms with Gasteiger partial charge in [0.05, 0.1) is 52.0 Å². The van der Waals surface area contributed by atoms with Crippen molar-refractivity contribution in [2.75, 3.05) is 52.4 Å². The molecule has 256 valence electrons. The number of carbonyl (C=O) groups is 2. The van der Waals surface area contributed by atoms with Gasteiger partial charge in [0.25, 0.3) is 11.8 Å². The molecule has 6 aromatic rings. The van der Waals surface area contributed by atoms with Crippen molar-refractivity contribution in [1.82, 2.24) is 30.4 Å². The Kier molecular flexibility index (Phi) is 11.0. The zero-order valence-electron chi connectivity index (χ0n) is 27.3. The second kappa shape index (κ2) is 16.0. The Hall–Kier alpha value is -3.90. The van der Waals surface area contributed by atoms with Crippen molar-refractivity contribution < 1.29 is 9.59 Å². The summed E-state index contributed by atoms with van der Waals surface area (Å²) in [6.45, 7) is 7.01. The Labute approximate surface area is 309 Å². The number of rotatable bonds is 12. The van der Waals surface area contributed by atoms with Crippen LogP contribution in [0.5, 0.6) is 0 Å². The molecule has 1 saturated heterocycles. The molecule has 1 fully saturated rings. The predicted octanol–water partition coefficient (Wildman–Crippen LogP) is 8.10. The van der Waals surface area contributed by atoms with E-state index in [1.165, 1.54) is 22.7 Å². The summed E-state index contributed by atoms with van der Waals surface area (Å²) in [5.41, 5.74) is 4.34. The molecule has 0 bridgehead atoms. The Bertz CT molecular complexity index is 1990. The molecule has 1 aliphatic rings. The maximum Gasteiger partial charge on any atom is 0.252 e. The van der Waals surface area contributed by atoms with Gasteiger partial charge in [0.15, 0.2) is 0 Å². The van der Waals surface area contributed by atoms with Crippen molar-refractivity contribution in [2.45, 2.75) is 12.8 Å². The Morgan fingerprint density at radius 1 is 0.620 bits per heavy atom. The normalized spacial score (nSPS) is 14.0. The number of nitrogens with zero attached hydrogens (tertiary/aromatic N) is 4. The molecule has 0 saturated carbocycles. The third kappa shape index (κ3) is 8.18. The highest BCUT2D eigenvalue weighted by Crippen LogP contribution is 2.33. The smallest absolute Gasteiger partial charge is 0.252 e. The monoisotopic (exact) mass is 742 g/mol. The molecule has 12 heteroatoms. The molecule has 8 nitrogen and oxygen atoms in total. The second-order valence-corrected chi connectivity index (χ2v) is 15.7. The number of pyridine rings is 2. The molecule has 5 heterocycles. The van der Waals surface area contributed by atoms with Gasteiger partial charge in [0, 0.05) is 50.0 Å². The van der Waals surface area contributed by atoms with Crippen LogP contribution < -0.4 is 10.6 Å². The number of hydrogen-bond donors (Lipinski definition) is 2. The lowest BCUT2D eigenvalue weighted by molar-refractivity contribution is 0.0936. The van der Waals surface area contributed by atoms with Gasteiger partial charge in [0.2, 0.25) is 0 Å². The van der Waals surface area contributed by atoms with Crippen molar-refractivity contribution in [3.63, 3.8) is 0 Å². The van der Waals surface area contributed by atoms with Gasteiger partial charge in [-0.2, -0.15) is 0 Å². The van der Waals surface area contributed by atoms with Crippen LogP contribution in [0.15, 0.2) is 84.9 Å². The fraction of sp³-hybridized carbons (Fsp3) is 0.263. The minimum absolute atomic E-state index is 0.0885. The lowest BCUT2D eigenvalue weighted by Crippen LogP contribution is -2.47. The van der Waals surface area contributed by atoms with Crippen LogP contribution in [0, 0.1) is 0 Å². The van der Waals surface area contributed by atoms with E-state index in [-0.39, 0.29) is 11.8 Å². The topological polar surface area (TPSA) is 90.5 Å². The largest absolute Gasteiger partial charge is 0.352 e. The predicted molar refractivity (Wildman–Crippen MR) is 207 cm³/mol. The van der Waals surface area contributed by atoms with Gasteiger partial charge >= 0.3 is 0 Å². The highest BCUT2D eigenvalue weighted by molar-refractivity contribution is 7.19. The molecule has 0 spiro atoms. The number of piperazine rings is 1. The summed E-state index contributed by atoms with van der Waals surface area (Å²) in [5, 5.41) is 7.94. The van der Waals surface area contributed by atoms with E-state index in [0.29, 0.717) is 32.9 Å². The van der Waals surface area contributed by atoms with Crippen molar-refractivity contribution in [2.24, 2.45) is 0 Å². The summed E-state index contributed by atoms with van der Waals surface area (Å²) in [6.07, 6.45) is 1.75. The van der Waals surface area contributed by atoms with E-state index in [0.717, 1.165) is 95.1 Å². The average Bonchev–Trinajstić information content (AvgIpc) is 3.79. The van der Waals surface area contributed by atoms with Gasteiger partial charge in [-0.25, -0.2) is 9.97 Å². The molecule has 2 N–H and O–H groups in total. The van der Waals surface area contributed by atoms with Gasteiger partial charge in [0.1, 0.15) is 0 Å². The Morgan fingerprint density at radius 2 is 1.04 bits per heavy atom. The first kappa shape index (κ1) is 34.5. The molecule has 1 aliphatic heterocycles. The summed E-state index contributed by atoms with van der Waals surface area (Å²) in [7, 11) is 0. The van der Waals surface area contributed by atoms with Crippen LogP contribution in [0.1, 0.15) is 33.6 Å². The summed E-state index contributed by atoms with van der Waals surface area (Å²) < 4.78 is 1.38. The maximum absolute atomic E-state index is 13.3. The number of para-hydroxylation sites is 2. The highest BCUT2D eigenvalue weighted by Gasteiger charge is 2.19. The van der Waals surface area contributed by atoms with Gasteiger partial charge in [-0.05, 0) is 74.5 Å². The minimum atomic E-state index is -0.0885. The van der Waals surface area contributed by atoms with Crippen LogP contribution >= 0.6 is 45.9 Å². The quantitative estimate of drug-likeness (QED) is 0.123. The molecule has 0 radical (unpaired) electrons.